The molecule has 5 heteroatoms. The zero-order valence-corrected chi connectivity index (χ0v) is 9.75. The van der Waals surface area contributed by atoms with Crippen molar-refractivity contribution in [1.29, 1.82) is 0 Å². The Bertz CT molecular complexity index is 346. The van der Waals surface area contributed by atoms with Crippen LogP contribution in [0.2, 0.25) is 0 Å². The third kappa shape index (κ3) is 2.76. The Labute approximate surface area is 96.6 Å². The lowest BCUT2D eigenvalue weighted by molar-refractivity contribution is 0.0935. The van der Waals surface area contributed by atoms with Crippen molar-refractivity contribution in [3.63, 3.8) is 0 Å². The summed E-state index contributed by atoms with van der Waals surface area (Å²) in [7, 11) is 0. The number of carbonyl (C=O) groups is 1. The van der Waals surface area contributed by atoms with Crippen LogP contribution in [0.4, 0.5) is 0 Å². The molecule has 0 bridgehead atoms. The predicted molar refractivity (Wildman–Crippen MR) is 60.7 cm³/mol. The van der Waals surface area contributed by atoms with Gasteiger partial charge in [-0.3, -0.25) is 4.79 Å². The monoisotopic (exact) mass is 269 g/mol. The van der Waals surface area contributed by atoms with E-state index in [2.05, 4.69) is 31.5 Å². The van der Waals surface area contributed by atoms with Crippen LogP contribution < -0.4 is 10.6 Å². The maximum Gasteiger partial charge on any atom is 0.270 e. The van der Waals surface area contributed by atoms with E-state index in [9.17, 15) is 4.79 Å². The van der Waals surface area contributed by atoms with Crippen LogP contribution in [-0.2, 0) is 0 Å². The zero-order valence-electron chi connectivity index (χ0n) is 8.16. The molecule has 0 radical (unpaired) electrons. The highest BCUT2D eigenvalue weighted by molar-refractivity contribution is 9.10. The Morgan fingerprint density at radius 3 is 3.07 bits per heavy atom. The van der Waals surface area contributed by atoms with E-state index in [1.807, 2.05) is 6.07 Å². The van der Waals surface area contributed by atoms with E-state index in [0.29, 0.717) is 5.69 Å². The topological polar surface area (TPSA) is 54.0 Å². The van der Waals surface area contributed by atoms with Gasteiger partial charge in [0.25, 0.3) is 5.91 Å². The molecule has 1 aromatic rings. The average Bonchev–Trinajstić information content (AvgIpc) is 2.71. The fourth-order valence-corrected chi connectivity index (χ4v) is 1.78. The van der Waals surface area contributed by atoms with E-state index in [-0.39, 0.29) is 11.9 Å². The number of nitrogens with one attached hydrogen (secondary N) is 2. The highest BCUT2D eigenvalue weighted by atomic mass is 79.9. The first-order valence-electron chi connectivity index (χ1n) is 4.89. The van der Waals surface area contributed by atoms with Gasteiger partial charge in [-0.25, -0.2) is 4.98 Å². The molecule has 0 aliphatic carbocycles. The number of carbonyl (C=O) groups excluding carboxylic acids is 1. The maximum absolute atomic E-state index is 11.7. The smallest absolute Gasteiger partial charge is 0.270 e. The fraction of sp³-hybridized carbons (Fsp3) is 0.400. The Morgan fingerprint density at radius 2 is 2.47 bits per heavy atom. The van der Waals surface area contributed by atoms with Crippen LogP contribution in [0.1, 0.15) is 16.9 Å². The number of nitrogens with zero attached hydrogens (tertiary/aromatic N) is 1. The van der Waals surface area contributed by atoms with Crippen LogP contribution in [0, 0.1) is 0 Å². The van der Waals surface area contributed by atoms with Gasteiger partial charge in [-0.1, -0.05) is 0 Å². The van der Waals surface area contributed by atoms with E-state index in [0.717, 1.165) is 24.0 Å². The molecule has 0 unspecified atom stereocenters. The van der Waals surface area contributed by atoms with E-state index < -0.39 is 0 Å². The van der Waals surface area contributed by atoms with Gasteiger partial charge in [0.1, 0.15) is 5.69 Å². The summed E-state index contributed by atoms with van der Waals surface area (Å²) < 4.78 is 0.876. The first-order valence-corrected chi connectivity index (χ1v) is 5.68. The molecule has 1 fully saturated rings. The third-order valence-corrected chi connectivity index (χ3v) is 2.82. The van der Waals surface area contributed by atoms with Gasteiger partial charge in [0.15, 0.2) is 0 Å². The van der Waals surface area contributed by atoms with Crippen molar-refractivity contribution in [2.45, 2.75) is 12.5 Å². The third-order valence-electron chi connectivity index (χ3n) is 2.36. The van der Waals surface area contributed by atoms with Crippen molar-refractivity contribution in [1.82, 2.24) is 15.6 Å². The molecule has 4 nitrogen and oxygen atoms in total. The van der Waals surface area contributed by atoms with Gasteiger partial charge in [-0.15, -0.1) is 0 Å². The Hall–Kier alpha value is -0.940. The first-order chi connectivity index (χ1) is 7.25. The molecular formula is C10H12BrN3O. The van der Waals surface area contributed by atoms with Gasteiger partial charge >= 0.3 is 0 Å². The first kappa shape index (κ1) is 10.6. The molecule has 0 spiro atoms. The minimum absolute atomic E-state index is 0.101. The van der Waals surface area contributed by atoms with Gasteiger partial charge in [0.05, 0.1) is 0 Å². The van der Waals surface area contributed by atoms with Crippen LogP contribution in [0.5, 0.6) is 0 Å². The zero-order chi connectivity index (χ0) is 10.7. The molecule has 1 aromatic heterocycles. The lowest BCUT2D eigenvalue weighted by Gasteiger charge is -2.10. The Kier molecular flexibility index (Phi) is 3.33. The molecule has 0 aromatic carbocycles. The molecule has 1 aliphatic heterocycles. The molecule has 1 atom stereocenters. The minimum Gasteiger partial charge on any atom is -0.347 e. The number of halogens is 1. The minimum atomic E-state index is -0.101. The molecule has 80 valence electrons. The van der Waals surface area contributed by atoms with E-state index in [1.54, 1.807) is 12.3 Å². The van der Waals surface area contributed by atoms with Crippen LogP contribution >= 0.6 is 15.9 Å². The predicted octanol–water partition coefficient (Wildman–Crippen LogP) is 0.936. The summed E-state index contributed by atoms with van der Waals surface area (Å²) in [6, 6.07) is 3.76. The molecule has 2 heterocycles. The fourth-order valence-electron chi connectivity index (χ4n) is 1.55. The molecule has 15 heavy (non-hydrogen) atoms. The van der Waals surface area contributed by atoms with Crippen molar-refractivity contribution in [2.24, 2.45) is 0 Å². The van der Waals surface area contributed by atoms with E-state index in [1.165, 1.54) is 0 Å². The second-order valence-corrected chi connectivity index (χ2v) is 4.44. The van der Waals surface area contributed by atoms with Crippen LogP contribution in [0.3, 0.4) is 0 Å². The van der Waals surface area contributed by atoms with Crippen molar-refractivity contribution in [3.8, 4) is 0 Å². The maximum atomic E-state index is 11.7. The van der Waals surface area contributed by atoms with Crippen LogP contribution in [-0.4, -0.2) is 30.0 Å². The number of amides is 1. The summed E-state index contributed by atoms with van der Waals surface area (Å²) >= 11 is 3.28. The molecule has 0 saturated carbocycles. The quantitative estimate of drug-likeness (QED) is 0.840. The van der Waals surface area contributed by atoms with E-state index >= 15 is 0 Å². The lowest BCUT2D eigenvalue weighted by Crippen LogP contribution is -2.36. The standard InChI is InChI=1S/C10H12BrN3O/c11-7-1-2-9(13-5-7)10(15)14-8-3-4-12-6-8/h1-2,5,8,12H,3-4,6H2,(H,14,15)/t8-/m0/s1. The molecule has 1 amide bonds. The Balaban J connectivity index is 1.98. The van der Waals surface area contributed by atoms with Crippen molar-refractivity contribution in [2.75, 3.05) is 13.1 Å². The van der Waals surface area contributed by atoms with Crippen LogP contribution in [0.25, 0.3) is 0 Å². The Morgan fingerprint density at radius 1 is 1.60 bits per heavy atom. The lowest BCUT2D eigenvalue weighted by atomic mass is 10.2. The summed E-state index contributed by atoms with van der Waals surface area (Å²) in [5.74, 6) is -0.101. The largest absolute Gasteiger partial charge is 0.347 e. The summed E-state index contributed by atoms with van der Waals surface area (Å²) in [6.07, 6.45) is 2.62. The van der Waals surface area contributed by atoms with Crippen LogP contribution in [0.15, 0.2) is 22.8 Å². The van der Waals surface area contributed by atoms with Gasteiger partial charge in [0.2, 0.25) is 0 Å². The molecular weight excluding hydrogens is 258 g/mol. The van der Waals surface area contributed by atoms with Crippen molar-refractivity contribution in [3.05, 3.63) is 28.5 Å². The normalized spacial score (nSPS) is 20.2. The summed E-state index contributed by atoms with van der Waals surface area (Å²) in [4.78, 5) is 15.7. The number of rotatable bonds is 2. The van der Waals surface area contributed by atoms with Crippen molar-refractivity contribution < 1.29 is 4.79 Å². The molecule has 2 N–H and O–H groups in total. The molecule has 2 rings (SSSR count). The molecule has 1 aliphatic rings. The molecule has 1 saturated heterocycles. The highest BCUT2D eigenvalue weighted by Gasteiger charge is 2.17. The number of pyridine rings is 1. The van der Waals surface area contributed by atoms with Gasteiger partial charge in [0, 0.05) is 23.3 Å². The van der Waals surface area contributed by atoms with Gasteiger partial charge < -0.3 is 10.6 Å². The summed E-state index contributed by atoms with van der Waals surface area (Å²) in [5.41, 5.74) is 0.463. The number of hydrogen-bond donors (Lipinski definition) is 2. The van der Waals surface area contributed by atoms with Gasteiger partial charge in [-0.2, -0.15) is 0 Å². The SMILES string of the molecule is O=C(N[C@H]1CCNC1)c1ccc(Br)cn1. The summed E-state index contributed by atoms with van der Waals surface area (Å²) in [6.45, 7) is 1.82. The number of aromatic nitrogens is 1. The van der Waals surface area contributed by atoms with E-state index in [4.69, 9.17) is 0 Å². The second-order valence-electron chi connectivity index (χ2n) is 3.52. The highest BCUT2D eigenvalue weighted by Crippen LogP contribution is 2.07. The number of hydrogen-bond acceptors (Lipinski definition) is 3. The van der Waals surface area contributed by atoms with Gasteiger partial charge in [-0.05, 0) is 41.0 Å². The average molecular weight is 270 g/mol. The second kappa shape index (κ2) is 4.72. The van der Waals surface area contributed by atoms with Crippen molar-refractivity contribution >= 4 is 21.8 Å². The summed E-state index contributed by atoms with van der Waals surface area (Å²) in [5, 5.41) is 6.13.